The molecule has 0 aromatic heterocycles. The molecular weight excluding hydrogens is 427 g/mol. The van der Waals surface area contributed by atoms with Gasteiger partial charge in [-0.1, -0.05) is 27.5 Å². The molecule has 0 unspecified atom stereocenters. The fraction of sp³-hybridized carbons (Fsp3) is 0. The number of nitro benzene ring substituents is 1. The van der Waals surface area contributed by atoms with E-state index in [0.29, 0.717) is 14.6 Å². The fourth-order valence-corrected chi connectivity index (χ4v) is 2.49. The topological polar surface area (TPSA) is 72.2 Å². The Morgan fingerprint density at radius 2 is 1.90 bits per heavy atom. The van der Waals surface area contributed by atoms with Crippen LogP contribution in [-0.2, 0) is 0 Å². The molecule has 2 aromatic carbocycles. The number of nitrogens with zero attached hydrogens (tertiary/aromatic N) is 1. The average Bonchev–Trinajstić information content (AvgIpc) is 2.43. The number of carbonyl (C=O) groups excluding carboxylic acids is 1. The average molecular weight is 434 g/mol. The lowest BCUT2D eigenvalue weighted by atomic mass is 10.2. The highest BCUT2D eigenvalue weighted by molar-refractivity contribution is 9.10. The van der Waals surface area contributed by atoms with Crippen LogP contribution in [0.4, 0.5) is 11.4 Å². The number of anilines is 1. The minimum absolute atomic E-state index is 0.117. The molecule has 0 fully saturated rings. The van der Waals surface area contributed by atoms with Crippen LogP contribution in [0.3, 0.4) is 0 Å². The summed E-state index contributed by atoms with van der Waals surface area (Å²) < 4.78 is 1.24. The van der Waals surface area contributed by atoms with Crippen LogP contribution in [0.15, 0.2) is 45.3 Å². The van der Waals surface area contributed by atoms with Gasteiger partial charge in [-0.2, -0.15) is 0 Å². The quantitative estimate of drug-likeness (QED) is 0.544. The maximum atomic E-state index is 12.2. The van der Waals surface area contributed by atoms with E-state index < -0.39 is 10.8 Å². The first-order valence-electron chi connectivity index (χ1n) is 5.59. The Morgan fingerprint density at radius 1 is 1.19 bits per heavy atom. The molecule has 0 saturated heterocycles. The van der Waals surface area contributed by atoms with Gasteiger partial charge in [0, 0.05) is 21.1 Å². The Kier molecular flexibility index (Phi) is 4.97. The third kappa shape index (κ3) is 3.81. The molecular formula is C13H7Br2ClN2O3. The largest absolute Gasteiger partial charge is 0.321 e. The molecule has 0 aliphatic rings. The van der Waals surface area contributed by atoms with Gasteiger partial charge in [-0.3, -0.25) is 14.9 Å². The Hall–Kier alpha value is -1.44. The summed E-state index contributed by atoms with van der Waals surface area (Å²) in [5.74, 6) is -0.456. The molecule has 0 saturated carbocycles. The van der Waals surface area contributed by atoms with E-state index in [2.05, 4.69) is 37.2 Å². The zero-order valence-electron chi connectivity index (χ0n) is 10.3. The smallest absolute Gasteiger partial charge is 0.271 e. The van der Waals surface area contributed by atoms with E-state index in [1.54, 1.807) is 18.2 Å². The van der Waals surface area contributed by atoms with E-state index in [-0.39, 0.29) is 16.3 Å². The van der Waals surface area contributed by atoms with Crippen molar-refractivity contribution in [3.63, 3.8) is 0 Å². The zero-order chi connectivity index (χ0) is 15.6. The Labute approximate surface area is 141 Å². The summed E-state index contributed by atoms with van der Waals surface area (Å²) in [5, 5.41) is 13.7. The minimum Gasteiger partial charge on any atom is -0.321 e. The molecule has 5 nitrogen and oxygen atoms in total. The summed E-state index contributed by atoms with van der Waals surface area (Å²) in [6.07, 6.45) is 0. The van der Waals surface area contributed by atoms with Crippen LogP contribution in [0, 0.1) is 10.1 Å². The second-order valence-electron chi connectivity index (χ2n) is 4.00. The van der Waals surface area contributed by atoms with Crippen molar-refractivity contribution in [3.05, 3.63) is 66.0 Å². The van der Waals surface area contributed by atoms with Gasteiger partial charge in [0.2, 0.25) is 0 Å². The molecule has 1 N–H and O–H groups in total. The van der Waals surface area contributed by atoms with E-state index >= 15 is 0 Å². The molecule has 0 atom stereocenters. The number of hydrogen-bond donors (Lipinski definition) is 1. The van der Waals surface area contributed by atoms with Gasteiger partial charge in [-0.25, -0.2) is 0 Å². The standard InChI is InChI=1S/C13H7Br2ClN2O3/c14-7-1-4-11(16)9(5-7)13(19)17-12-6-8(18(20)21)2-3-10(12)15/h1-6H,(H,17,19). The Balaban J connectivity index is 2.33. The van der Waals surface area contributed by atoms with Crippen LogP contribution in [0.1, 0.15) is 10.4 Å². The van der Waals surface area contributed by atoms with Crippen LogP contribution in [-0.4, -0.2) is 10.8 Å². The second-order valence-corrected chi connectivity index (χ2v) is 6.18. The van der Waals surface area contributed by atoms with Gasteiger partial charge in [0.15, 0.2) is 0 Å². The molecule has 8 heteroatoms. The molecule has 2 rings (SSSR count). The van der Waals surface area contributed by atoms with Crippen LogP contribution in [0.5, 0.6) is 0 Å². The molecule has 0 aliphatic carbocycles. The highest BCUT2D eigenvalue weighted by Gasteiger charge is 2.15. The molecule has 2 aromatic rings. The van der Waals surface area contributed by atoms with Crippen molar-refractivity contribution < 1.29 is 9.72 Å². The van der Waals surface area contributed by atoms with Crippen molar-refractivity contribution in [2.24, 2.45) is 0 Å². The van der Waals surface area contributed by atoms with Gasteiger partial charge in [-0.05, 0) is 40.2 Å². The van der Waals surface area contributed by atoms with E-state index in [1.807, 2.05) is 0 Å². The van der Waals surface area contributed by atoms with Crippen molar-refractivity contribution in [2.75, 3.05) is 5.32 Å². The molecule has 0 aliphatic heterocycles. The summed E-state index contributed by atoms with van der Waals surface area (Å²) in [6.45, 7) is 0. The normalized spacial score (nSPS) is 10.2. The molecule has 21 heavy (non-hydrogen) atoms. The van der Waals surface area contributed by atoms with E-state index in [1.165, 1.54) is 18.2 Å². The van der Waals surface area contributed by atoms with Gasteiger partial charge in [0.05, 0.1) is 21.2 Å². The first-order valence-corrected chi connectivity index (χ1v) is 7.55. The maximum absolute atomic E-state index is 12.2. The summed E-state index contributed by atoms with van der Waals surface area (Å²) >= 11 is 12.5. The van der Waals surface area contributed by atoms with Gasteiger partial charge < -0.3 is 5.32 Å². The monoisotopic (exact) mass is 432 g/mol. The van der Waals surface area contributed by atoms with Gasteiger partial charge >= 0.3 is 0 Å². The SMILES string of the molecule is O=C(Nc1cc([N+](=O)[O-])ccc1Br)c1cc(Br)ccc1Cl. The first-order chi connectivity index (χ1) is 9.88. The lowest BCUT2D eigenvalue weighted by molar-refractivity contribution is -0.384. The second kappa shape index (κ2) is 6.55. The molecule has 0 heterocycles. The maximum Gasteiger partial charge on any atom is 0.271 e. The van der Waals surface area contributed by atoms with E-state index in [9.17, 15) is 14.9 Å². The number of hydrogen-bond acceptors (Lipinski definition) is 3. The Morgan fingerprint density at radius 3 is 2.57 bits per heavy atom. The number of amides is 1. The molecule has 1 amide bonds. The van der Waals surface area contributed by atoms with Gasteiger partial charge in [-0.15, -0.1) is 0 Å². The van der Waals surface area contributed by atoms with Crippen molar-refractivity contribution >= 4 is 60.7 Å². The number of carbonyl (C=O) groups is 1. The van der Waals surface area contributed by atoms with Crippen LogP contribution in [0.25, 0.3) is 0 Å². The molecule has 108 valence electrons. The number of benzene rings is 2. The Bertz CT molecular complexity index is 737. The summed E-state index contributed by atoms with van der Waals surface area (Å²) in [7, 11) is 0. The number of nitro groups is 1. The van der Waals surface area contributed by atoms with Crippen molar-refractivity contribution in [1.82, 2.24) is 0 Å². The predicted molar refractivity (Wildman–Crippen MR) is 87.9 cm³/mol. The number of halogens is 3. The van der Waals surface area contributed by atoms with Crippen molar-refractivity contribution in [1.29, 1.82) is 0 Å². The van der Waals surface area contributed by atoms with E-state index in [0.717, 1.165) is 0 Å². The molecule has 0 radical (unpaired) electrons. The molecule has 0 spiro atoms. The fourth-order valence-electron chi connectivity index (χ4n) is 1.58. The summed E-state index contributed by atoms with van der Waals surface area (Å²) in [4.78, 5) is 22.4. The van der Waals surface area contributed by atoms with Crippen LogP contribution < -0.4 is 5.32 Å². The first kappa shape index (κ1) is 15.9. The third-order valence-corrected chi connectivity index (χ3v) is 4.10. The lowest BCUT2D eigenvalue weighted by Crippen LogP contribution is -2.13. The predicted octanol–water partition coefficient (Wildman–Crippen LogP) is 5.03. The minimum atomic E-state index is -0.534. The molecule has 0 bridgehead atoms. The van der Waals surface area contributed by atoms with Crippen LogP contribution in [0.2, 0.25) is 5.02 Å². The number of nitrogens with one attached hydrogen (secondary N) is 1. The summed E-state index contributed by atoms with van der Waals surface area (Å²) in [6, 6.07) is 8.98. The number of non-ortho nitro benzene ring substituents is 1. The third-order valence-electron chi connectivity index (χ3n) is 2.58. The van der Waals surface area contributed by atoms with Gasteiger partial charge in [0.25, 0.3) is 11.6 Å². The summed E-state index contributed by atoms with van der Waals surface area (Å²) in [5.41, 5.74) is 0.448. The van der Waals surface area contributed by atoms with Crippen molar-refractivity contribution in [2.45, 2.75) is 0 Å². The lowest BCUT2D eigenvalue weighted by Gasteiger charge is -2.09. The zero-order valence-corrected chi connectivity index (χ0v) is 14.2. The highest BCUT2D eigenvalue weighted by atomic mass is 79.9. The van der Waals surface area contributed by atoms with E-state index in [4.69, 9.17) is 11.6 Å². The highest BCUT2D eigenvalue weighted by Crippen LogP contribution is 2.28. The van der Waals surface area contributed by atoms with Crippen molar-refractivity contribution in [3.8, 4) is 0 Å². The van der Waals surface area contributed by atoms with Crippen LogP contribution >= 0.6 is 43.5 Å². The number of rotatable bonds is 3. The van der Waals surface area contributed by atoms with Gasteiger partial charge in [0.1, 0.15) is 0 Å².